The Bertz CT molecular complexity index is 981. The minimum absolute atomic E-state index is 0.00306. The fraction of sp³-hybridized carbons (Fsp3) is 0.522. The molecule has 0 spiro atoms. The first-order valence-corrected chi connectivity index (χ1v) is 12.6. The van der Waals surface area contributed by atoms with Crippen molar-refractivity contribution in [2.45, 2.75) is 37.7 Å². The van der Waals surface area contributed by atoms with Gasteiger partial charge in [-0.2, -0.15) is 0 Å². The first-order valence-electron chi connectivity index (χ1n) is 11.1. The largest absolute Gasteiger partial charge is 0.460 e. The molecule has 0 atom stereocenters. The fourth-order valence-electron chi connectivity index (χ4n) is 2.85. The first-order chi connectivity index (χ1) is 16.5. The van der Waals surface area contributed by atoms with Gasteiger partial charge in [0.1, 0.15) is 5.60 Å². The van der Waals surface area contributed by atoms with Crippen LogP contribution in [0.15, 0.2) is 41.3 Å². The molecule has 35 heavy (non-hydrogen) atoms. The first kappa shape index (κ1) is 28.6. The number of amides is 2. The molecule has 0 radical (unpaired) electrons. The molecule has 1 heterocycles. The number of anilines is 1. The molecule has 0 unspecified atom stereocenters. The average Bonchev–Trinajstić information content (AvgIpc) is 3.11. The summed E-state index contributed by atoms with van der Waals surface area (Å²) in [7, 11) is -3.77. The Labute approximate surface area is 205 Å². The van der Waals surface area contributed by atoms with E-state index in [1.807, 2.05) is 0 Å². The molecule has 12 heteroatoms. The summed E-state index contributed by atoms with van der Waals surface area (Å²) in [4.78, 5) is 35.9. The van der Waals surface area contributed by atoms with Crippen LogP contribution in [0.25, 0.3) is 0 Å². The van der Waals surface area contributed by atoms with Crippen LogP contribution in [0.1, 0.15) is 27.2 Å². The van der Waals surface area contributed by atoms with E-state index in [9.17, 15) is 22.8 Å². The van der Waals surface area contributed by atoms with E-state index >= 15 is 0 Å². The molecule has 1 N–H and O–H groups in total. The normalized spacial score (nSPS) is 14.1. The molecule has 1 aromatic carbocycles. The lowest BCUT2D eigenvalue weighted by molar-refractivity contribution is -0.156. The van der Waals surface area contributed by atoms with E-state index < -0.39 is 27.4 Å². The van der Waals surface area contributed by atoms with Crippen molar-refractivity contribution in [3.05, 3.63) is 36.4 Å². The Morgan fingerprint density at radius 2 is 1.37 bits per heavy atom. The zero-order valence-electron chi connectivity index (χ0n) is 20.2. The summed E-state index contributed by atoms with van der Waals surface area (Å²) < 4.78 is 48.3. The lowest BCUT2D eigenvalue weighted by Gasteiger charge is -2.19. The van der Waals surface area contributed by atoms with Gasteiger partial charge in [0.2, 0.25) is 10.0 Å². The van der Waals surface area contributed by atoms with Crippen molar-refractivity contribution in [3.63, 3.8) is 0 Å². The number of hydrogen-bond donors (Lipinski definition) is 1. The van der Waals surface area contributed by atoms with Gasteiger partial charge >= 0.3 is 5.97 Å². The molecule has 0 bridgehead atoms. The molecule has 0 aromatic heterocycles. The highest BCUT2D eigenvalue weighted by atomic mass is 32.2. The summed E-state index contributed by atoms with van der Waals surface area (Å²) in [6, 6.07) is 5.43. The van der Waals surface area contributed by atoms with Gasteiger partial charge in [0, 0.05) is 18.7 Å². The van der Waals surface area contributed by atoms with Gasteiger partial charge in [-0.3, -0.25) is 14.4 Å². The van der Waals surface area contributed by atoms with Crippen LogP contribution in [0.5, 0.6) is 0 Å². The SMILES string of the molecule is CC(C)(C)OC(=O)CCOCCOCCOCCNS(=O)(=O)c1ccc(N2C(=O)C=CC2=O)cc1. The van der Waals surface area contributed by atoms with Crippen LogP contribution in [-0.2, 0) is 43.4 Å². The number of carbonyl (C=O) groups is 3. The summed E-state index contributed by atoms with van der Waals surface area (Å²) in [5.41, 5.74) is -0.220. The maximum absolute atomic E-state index is 12.4. The summed E-state index contributed by atoms with van der Waals surface area (Å²) in [5.74, 6) is -1.27. The Balaban J connectivity index is 1.52. The van der Waals surface area contributed by atoms with E-state index in [4.69, 9.17) is 18.9 Å². The van der Waals surface area contributed by atoms with Crippen molar-refractivity contribution < 1.29 is 41.7 Å². The van der Waals surface area contributed by atoms with E-state index in [2.05, 4.69) is 4.72 Å². The highest BCUT2D eigenvalue weighted by Gasteiger charge is 2.25. The third-order valence-corrected chi connectivity index (χ3v) is 5.84. The van der Waals surface area contributed by atoms with Gasteiger partial charge in [-0.05, 0) is 45.0 Å². The number of imide groups is 1. The molecular weight excluding hydrogens is 480 g/mol. The standard InChI is InChI=1S/C23H32N2O9S/c1-23(2,3)34-22(28)10-12-31-14-16-33-17-15-32-13-11-24-35(29,30)19-6-4-18(5-7-19)25-20(26)8-9-21(25)27/h4-9,24H,10-17H2,1-3H3. The lowest BCUT2D eigenvalue weighted by atomic mass is 10.2. The third-order valence-electron chi connectivity index (χ3n) is 4.37. The number of carbonyl (C=O) groups excluding carboxylic acids is 3. The lowest BCUT2D eigenvalue weighted by Crippen LogP contribution is -2.30. The number of nitrogens with one attached hydrogen (secondary N) is 1. The Morgan fingerprint density at radius 3 is 1.91 bits per heavy atom. The molecule has 2 rings (SSSR count). The summed E-state index contributed by atoms with van der Waals surface area (Å²) in [5, 5.41) is 0. The topological polar surface area (TPSA) is 138 Å². The highest BCUT2D eigenvalue weighted by Crippen LogP contribution is 2.21. The summed E-state index contributed by atoms with van der Waals surface area (Å²) >= 11 is 0. The Morgan fingerprint density at radius 1 is 0.857 bits per heavy atom. The number of hydrogen-bond acceptors (Lipinski definition) is 9. The third kappa shape index (κ3) is 10.2. The van der Waals surface area contributed by atoms with E-state index in [1.54, 1.807) is 20.8 Å². The minimum atomic E-state index is -3.77. The number of nitrogens with zero attached hydrogens (tertiary/aromatic N) is 1. The van der Waals surface area contributed by atoms with Crippen LogP contribution in [0, 0.1) is 0 Å². The van der Waals surface area contributed by atoms with Gasteiger partial charge in [0.05, 0.1) is 56.6 Å². The fourth-order valence-corrected chi connectivity index (χ4v) is 3.86. The molecule has 0 saturated heterocycles. The van der Waals surface area contributed by atoms with Gasteiger partial charge in [0.15, 0.2) is 0 Å². The van der Waals surface area contributed by atoms with Gasteiger partial charge in [-0.15, -0.1) is 0 Å². The van der Waals surface area contributed by atoms with Crippen LogP contribution < -0.4 is 9.62 Å². The monoisotopic (exact) mass is 512 g/mol. The molecule has 0 fully saturated rings. The zero-order valence-corrected chi connectivity index (χ0v) is 21.0. The van der Waals surface area contributed by atoms with Crippen molar-refractivity contribution in [1.29, 1.82) is 0 Å². The van der Waals surface area contributed by atoms with Crippen LogP contribution in [0.3, 0.4) is 0 Å². The van der Waals surface area contributed by atoms with Crippen LogP contribution in [0.2, 0.25) is 0 Å². The van der Waals surface area contributed by atoms with Crippen molar-refractivity contribution in [2.24, 2.45) is 0 Å². The molecule has 0 aliphatic carbocycles. The van der Waals surface area contributed by atoms with Gasteiger partial charge in [-0.1, -0.05) is 0 Å². The molecule has 0 saturated carbocycles. The zero-order chi connectivity index (χ0) is 25.9. The second-order valence-corrected chi connectivity index (χ2v) is 10.2. The minimum Gasteiger partial charge on any atom is -0.460 e. The second-order valence-electron chi connectivity index (χ2n) is 8.41. The number of sulfonamides is 1. The number of rotatable bonds is 15. The van der Waals surface area contributed by atoms with Gasteiger partial charge in [0.25, 0.3) is 11.8 Å². The molecule has 1 aromatic rings. The van der Waals surface area contributed by atoms with Crippen molar-refractivity contribution >= 4 is 33.5 Å². The maximum atomic E-state index is 12.4. The number of ether oxygens (including phenoxy) is 4. The van der Waals surface area contributed by atoms with Crippen molar-refractivity contribution in [2.75, 3.05) is 51.1 Å². The average molecular weight is 513 g/mol. The van der Waals surface area contributed by atoms with Gasteiger partial charge in [-0.25, -0.2) is 18.0 Å². The Kier molecular flexibility index (Phi) is 11.0. The van der Waals surface area contributed by atoms with E-state index in [-0.39, 0.29) is 43.7 Å². The van der Waals surface area contributed by atoms with Crippen molar-refractivity contribution in [3.8, 4) is 0 Å². The van der Waals surface area contributed by atoms with E-state index in [0.29, 0.717) is 25.5 Å². The second kappa shape index (κ2) is 13.4. The van der Waals surface area contributed by atoms with Crippen LogP contribution in [-0.4, -0.2) is 78.0 Å². The molecule has 2 amide bonds. The molecule has 1 aliphatic rings. The predicted molar refractivity (Wildman–Crippen MR) is 126 cm³/mol. The molecule has 1 aliphatic heterocycles. The Hall–Kier alpha value is -2.64. The predicted octanol–water partition coefficient (Wildman–Crippen LogP) is 1.18. The molecular formula is C23H32N2O9S. The molecule has 194 valence electrons. The quantitative estimate of drug-likeness (QED) is 0.209. The summed E-state index contributed by atoms with van der Waals surface area (Å²) in [6.45, 7) is 7.13. The smallest absolute Gasteiger partial charge is 0.308 e. The van der Waals surface area contributed by atoms with E-state index in [1.165, 1.54) is 24.3 Å². The van der Waals surface area contributed by atoms with Crippen molar-refractivity contribution in [1.82, 2.24) is 4.72 Å². The number of esters is 1. The van der Waals surface area contributed by atoms with Crippen LogP contribution >= 0.6 is 0 Å². The highest BCUT2D eigenvalue weighted by molar-refractivity contribution is 7.89. The van der Waals surface area contributed by atoms with E-state index in [0.717, 1.165) is 17.1 Å². The number of benzene rings is 1. The van der Waals surface area contributed by atoms with Gasteiger partial charge < -0.3 is 18.9 Å². The summed E-state index contributed by atoms with van der Waals surface area (Å²) in [6.07, 6.45) is 2.49. The molecule has 11 nitrogen and oxygen atoms in total. The van der Waals surface area contributed by atoms with Crippen LogP contribution in [0.4, 0.5) is 5.69 Å². The maximum Gasteiger partial charge on any atom is 0.308 e.